The Labute approximate surface area is 127 Å². The summed E-state index contributed by atoms with van der Waals surface area (Å²) < 4.78 is 37.9. The Balaban J connectivity index is 2.29. The molecule has 0 unspecified atom stereocenters. The van der Waals surface area contributed by atoms with Gasteiger partial charge in [0, 0.05) is 0 Å². The van der Waals surface area contributed by atoms with Crippen molar-refractivity contribution in [3.63, 3.8) is 0 Å². The van der Waals surface area contributed by atoms with Gasteiger partial charge in [-0.05, 0) is 18.2 Å². The summed E-state index contributed by atoms with van der Waals surface area (Å²) in [6, 6.07) is 2.71. The molecule has 0 radical (unpaired) electrons. The third kappa shape index (κ3) is 3.62. The van der Waals surface area contributed by atoms with E-state index < -0.39 is 42.8 Å². The summed E-state index contributed by atoms with van der Waals surface area (Å²) in [4.78, 5) is 6.26. The molecule has 2 rings (SSSR count). The van der Waals surface area contributed by atoms with E-state index in [0.29, 0.717) is 0 Å². The van der Waals surface area contributed by atoms with Crippen molar-refractivity contribution >= 4 is 11.0 Å². The number of nitrogens with zero attached hydrogens (tertiary/aromatic N) is 1. The number of fused-ring (bicyclic) bond motifs is 1. The molecule has 10 heteroatoms. The number of halogens is 3. The van der Waals surface area contributed by atoms with Crippen molar-refractivity contribution in [2.24, 2.45) is 0 Å². The summed E-state index contributed by atoms with van der Waals surface area (Å²) in [6.45, 7) is -0.847. The first-order valence-corrected chi connectivity index (χ1v) is 6.55. The zero-order valence-corrected chi connectivity index (χ0v) is 11.6. The fraction of sp³-hybridized carbons (Fsp3) is 0.462. The maximum Gasteiger partial charge on any atom is 0.416 e. The van der Waals surface area contributed by atoms with Gasteiger partial charge in [-0.1, -0.05) is 0 Å². The van der Waals surface area contributed by atoms with Crippen LogP contribution in [-0.2, 0) is 6.18 Å². The van der Waals surface area contributed by atoms with Crippen molar-refractivity contribution in [3.05, 3.63) is 29.6 Å². The molecule has 6 N–H and O–H groups in total. The van der Waals surface area contributed by atoms with Gasteiger partial charge in [-0.2, -0.15) is 13.2 Å². The van der Waals surface area contributed by atoms with Crippen molar-refractivity contribution in [3.8, 4) is 0 Å². The third-order valence-corrected chi connectivity index (χ3v) is 3.36. The van der Waals surface area contributed by atoms with Crippen molar-refractivity contribution in [2.45, 2.75) is 30.6 Å². The number of hydrogen-bond acceptors (Lipinski definition) is 6. The lowest BCUT2D eigenvalue weighted by Gasteiger charge is -2.24. The number of alkyl halides is 3. The van der Waals surface area contributed by atoms with Gasteiger partial charge in [-0.15, -0.1) is 0 Å². The molecular formula is C13H15F3N2O5. The van der Waals surface area contributed by atoms with Gasteiger partial charge in [0.05, 0.1) is 23.2 Å². The lowest BCUT2D eigenvalue weighted by molar-refractivity contribution is -0.137. The second-order valence-corrected chi connectivity index (χ2v) is 5.03. The van der Waals surface area contributed by atoms with E-state index in [4.69, 9.17) is 5.11 Å². The van der Waals surface area contributed by atoms with Crippen molar-refractivity contribution in [1.29, 1.82) is 0 Å². The van der Waals surface area contributed by atoms with Crippen molar-refractivity contribution < 1.29 is 38.7 Å². The van der Waals surface area contributed by atoms with Crippen LogP contribution in [-0.4, -0.2) is 60.4 Å². The first-order valence-electron chi connectivity index (χ1n) is 6.55. The molecular weight excluding hydrogens is 321 g/mol. The molecule has 0 aliphatic heterocycles. The van der Waals surface area contributed by atoms with Gasteiger partial charge >= 0.3 is 6.18 Å². The topological polar surface area (TPSA) is 130 Å². The Bertz CT molecular complexity index is 675. The van der Waals surface area contributed by atoms with E-state index in [1.807, 2.05) is 0 Å². The number of benzene rings is 1. The summed E-state index contributed by atoms with van der Waals surface area (Å²) in [6.07, 6.45) is -11.8. The molecule has 0 saturated carbocycles. The van der Waals surface area contributed by atoms with E-state index in [1.54, 1.807) is 0 Å². The quantitative estimate of drug-likeness (QED) is 0.444. The molecule has 0 amide bonds. The second-order valence-electron chi connectivity index (χ2n) is 5.03. The van der Waals surface area contributed by atoms with Gasteiger partial charge < -0.3 is 30.5 Å². The van der Waals surface area contributed by atoms with Crippen LogP contribution in [0.2, 0.25) is 0 Å². The Morgan fingerprint density at radius 2 is 1.74 bits per heavy atom. The highest BCUT2D eigenvalue weighted by Gasteiger charge is 2.33. The van der Waals surface area contributed by atoms with E-state index >= 15 is 0 Å². The van der Waals surface area contributed by atoms with E-state index in [-0.39, 0.29) is 16.9 Å². The molecule has 7 nitrogen and oxygen atoms in total. The molecule has 0 aliphatic rings. The van der Waals surface area contributed by atoms with Crippen LogP contribution in [0.4, 0.5) is 13.2 Å². The molecule has 0 bridgehead atoms. The smallest absolute Gasteiger partial charge is 0.394 e. The van der Waals surface area contributed by atoms with Crippen LogP contribution >= 0.6 is 0 Å². The molecule has 0 spiro atoms. The van der Waals surface area contributed by atoms with Crippen LogP contribution in [0.5, 0.6) is 0 Å². The Morgan fingerprint density at radius 3 is 2.30 bits per heavy atom. The van der Waals surface area contributed by atoms with Crippen molar-refractivity contribution in [1.82, 2.24) is 9.97 Å². The monoisotopic (exact) mass is 336 g/mol. The minimum atomic E-state index is -4.54. The van der Waals surface area contributed by atoms with Gasteiger partial charge in [0.2, 0.25) is 0 Å². The van der Waals surface area contributed by atoms with Crippen LogP contribution in [0, 0.1) is 0 Å². The summed E-state index contributed by atoms with van der Waals surface area (Å²) >= 11 is 0. The Hall–Kier alpha value is -1.72. The number of aliphatic hydroxyl groups excluding tert-OH is 5. The third-order valence-electron chi connectivity index (χ3n) is 3.36. The number of aromatic nitrogens is 2. The van der Waals surface area contributed by atoms with E-state index in [0.717, 1.165) is 18.2 Å². The molecule has 0 saturated heterocycles. The fourth-order valence-electron chi connectivity index (χ4n) is 2.03. The van der Waals surface area contributed by atoms with Gasteiger partial charge in [0.1, 0.15) is 30.2 Å². The first kappa shape index (κ1) is 17.6. The average Bonchev–Trinajstić information content (AvgIpc) is 2.94. The standard InChI is InChI=1S/C13H15F3N2O5/c14-13(15,16)5-1-2-6-7(3-5)18-12(17-6)11(23)10(22)9(21)8(20)4-19/h1-3,8-11,19-23H,4H2,(H,17,18)/t8-,9+,10+,11-/m1/s1. The minimum absolute atomic E-state index is 0.0155. The van der Waals surface area contributed by atoms with Gasteiger partial charge in [0.25, 0.3) is 0 Å². The molecule has 0 aliphatic carbocycles. The zero-order chi connectivity index (χ0) is 17.4. The van der Waals surface area contributed by atoms with Gasteiger partial charge in [0.15, 0.2) is 0 Å². The van der Waals surface area contributed by atoms with Crippen LogP contribution in [0.25, 0.3) is 11.0 Å². The number of nitrogens with one attached hydrogen (secondary N) is 1. The molecule has 0 fully saturated rings. The number of hydrogen-bond donors (Lipinski definition) is 6. The highest BCUT2D eigenvalue weighted by atomic mass is 19.4. The van der Waals surface area contributed by atoms with Gasteiger partial charge in [-0.3, -0.25) is 0 Å². The maximum absolute atomic E-state index is 12.6. The first-order chi connectivity index (χ1) is 10.6. The van der Waals surface area contributed by atoms with Crippen LogP contribution < -0.4 is 0 Å². The SMILES string of the molecule is OC[C@@H](O)[C@H](O)[C@H](O)[C@@H](O)c1nc2ccc(C(F)(F)F)cc2[nH]1. The normalized spacial score (nSPS) is 17.9. The molecule has 2 aromatic rings. The van der Waals surface area contributed by atoms with Crippen LogP contribution in [0.1, 0.15) is 17.5 Å². The molecule has 4 atom stereocenters. The predicted octanol–water partition coefficient (Wildman–Crippen LogP) is -0.310. The molecule has 128 valence electrons. The summed E-state index contributed by atoms with van der Waals surface area (Å²) in [7, 11) is 0. The molecule has 1 aromatic heterocycles. The summed E-state index contributed by atoms with van der Waals surface area (Å²) in [5, 5.41) is 47.1. The number of imidazole rings is 1. The van der Waals surface area contributed by atoms with E-state index in [9.17, 15) is 33.6 Å². The highest BCUT2D eigenvalue weighted by Crippen LogP contribution is 2.31. The molecule has 1 heterocycles. The molecule has 23 heavy (non-hydrogen) atoms. The van der Waals surface area contributed by atoms with Crippen LogP contribution in [0.3, 0.4) is 0 Å². The number of H-pyrrole nitrogens is 1. The van der Waals surface area contributed by atoms with Gasteiger partial charge in [-0.25, -0.2) is 4.98 Å². The van der Waals surface area contributed by atoms with E-state index in [2.05, 4.69) is 9.97 Å². The summed E-state index contributed by atoms with van der Waals surface area (Å²) in [5.41, 5.74) is -0.805. The number of aliphatic hydroxyl groups is 5. The Kier molecular flexibility index (Phi) is 4.92. The largest absolute Gasteiger partial charge is 0.416 e. The zero-order valence-electron chi connectivity index (χ0n) is 11.6. The molecule has 1 aromatic carbocycles. The lowest BCUT2D eigenvalue weighted by atomic mass is 10.0. The summed E-state index contributed by atoms with van der Waals surface area (Å²) in [5.74, 6) is -0.281. The maximum atomic E-state index is 12.6. The predicted molar refractivity (Wildman–Crippen MR) is 71.2 cm³/mol. The van der Waals surface area contributed by atoms with E-state index in [1.165, 1.54) is 0 Å². The lowest BCUT2D eigenvalue weighted by Crippen LogP contribution is -2.42. The highest BCUT2D eigenvalue weighted by molar-refractivity contribution is 5.76. The Morgan fingerprint density at radius 1 is 1.09 bits per heavy atom. The number of aromatic amines is 1. The van der Waals surface area contributed by atoms with Crippen molar-refractivity contribution in [2.75, 3.05) is 6.61 Å². The van der Waals surface area contributed by atoms with Crippen LogP contribution in [0.15, 0.2) is 18.2 Å². The number of rotatable bonds is 5. The minimum Gasteiger partial charge on any atom is -0.394 e. The second kappa shape index (κ2) is 6.42. The average molecular weight is 336 g/mol. The fourth-order valence-corrected chi connectivity index (χ4v) is 2.03.